The number of amides is 2. The van der Waals surface area contributed by atoms with E-state index in [0.717, 1.165) is 12.8 Å². The van der Waals surface area contributed by atoms with Gasteiger partial charge in [0, 0.05) is 19.7 Å². The first-order valence-corrected chi connectivity index (χ1v) is 5.58. The van der Waals surface area contributed by atoms with Gasteiger partial charge in [0.05, 0.1) is 6.61 Å². The van der Waals surface area contributed by atoms with E-state index in [1.807, 2.05) is 0 Å². The Morgan fingerprint density at radius 3 is 2.65 bits per heavy atom. The standard InChI is InChI=1S/C10H18N2O5/c13-5-7-2-1-3-12(4-7)10(17)11-8(6-14)9(15)16/h7-8,13-14H,1-6H2,(H,11,17)(H,15,16)/t7?,8-/m0/s1. The summed E-state index contributed by atoms with van der Waals surface area (Å²) in [6, 6.07) is -1.79. The van der Waals surface area contributed by atoms with Crippen LogP contribution in [0.1, 0.15) is 12.8 Å². The van der Waals surface area contributed by atoms with Crippen LogP contribution in [0.15, 0.2) is 0 Å². The van der Waals surface area contributed by atoms with E-state index < -0.39 is 24.6 Å². The molecule has 0 aromatic carbocycles. The van der Waals surface area contributed by atoms with E-state index in [-0.39, 0.29) is 12.5 Å². The summed E-state index contributed by atoms with van der Waals surface area (Å²) >= 11 is 0. The fraction of sp³-hybridized carbons (Fsp3) is 0.800. The second-order valence-corrected chi connectivity index (χ2v) is 4.16. The van der Waals surface area contributed by atoms with Crippen molar-refractivity contribution in [3.63, 3.8) is 0 Å². The first kappa shape index (κ1) is 13.7. The molecule has 1 unspecified atom stereocenters. The summed E-state index contributed by atoms with van der Waals surface area (Å²) in [4.78, 5) is 23.8. The fourth-order valence-corrected chi connectivity index (χ4v) is 1.82. The van der Waals surface area contributed by atoms with Gasteiger partial charge in [0.25, 0.3) is 0 Å². The second-order valence-electron chi connectivity index (χ2n) is 4.16. The summed E-state index contributed by atoms with van der Waals surface area (Å²) in [6.45, 7) is 0.338. The van der Waals surface area contributed by atoms with Gasteiger partial charge in [-0.2, -0.15) is 0 Å². The van der Waals surface area contributed by atoms with Gasteiger partial charge in [0.2, 0.25) is 0 Å². The van der Waals surface area contributed by atoms with Crippen molar-refractivity contribution in [1.82, 2.24) is 10.2 Å². The third kappa shape index (κ3) is 3.86. The number of carbonyl (C=O) groups is 2. The lowest BCUT2D eigenvalue weighted by Gasteiger charge is -2.32. The third-order valence-corrected chi connectivity index (χ3v) is 2.84. The average molecular weight is 246 g/mol. The van der Waals surface area contributed by atoms with Crippen LogP contribution in [-0.4, -0.2) is 64.6 Å². The molecule has 2 atom stereocenters. The number of hydrogen-bond acceptors (Lipinski definition) is 4. The van der Waals surface area contributed by atoms with Crippen LogP contribution >= 0.6 is 0 Å². The topological polar surface area (TPSA) is 110 Å². The zero-order valence-electron chi connectivity index (χ0n) is 9.50. The molecule has 7 heteroatoms. The number of carboxylic acids is 1. The van der Waals surface area contributed by atoms with Crippen LogP contribution < -0.4 is 5.32 Å². The number of hydrogen-bond donors (Lipinski definition) is 4. The SMILES string of the molecule is O=C(O)[C@H](CO)NC(=O)N1CCCC(CO)C1. The Hall–Kier alpha value is -1.34. The molecule has 0 aromatic heterocycles. The van der Waals surface area contributed by atoms with Crippen molar-refractivity contribution in [2.45, 2.75) is 18.9 Å². The van der Waals surface area contributed by atoms with Gasteiger partial charge in [-0.05, 0) is 18.8 Å². The third-order valence-electron chi connectivity index (χ3n) is 2.84. The molecule has 1 rings (SSSR count). The molecular weight excluding hydrogens is 228 g/mol. The van der Waals surface area contributed by atoms with E-state index in [2.05, 4.69) is 5.32 Å². The number of aliphatic hydroxyl groups is 2. The molecule has 1 fully saturated rings. The van der Waals surface area contributed by atoms with Gasteiger partial charge in [-0.3, -0.25) is 0 Å². The summed E-state index contributed by atoms with van der Waals surface area (Å²) in [5.74, 6) is -1.22. The minimum Gasteiger partial charge on any atom is -0.480 e. The Labute approximate surface area is 99.0 Å². The van der Waals surface area contributed by atoms with Crippen LogP contribution in [0.3, 0.4) is 0 Å². The molecule has 4 N–H and O–H groups in total. The largest absolute Gasteiger partial charge is 0.480 e. The zero-order valence-corrected chi connectivity index (χ0v) is 9.50. The lowest BCUT2D eigenvalue weighted by atomic mass is 9.99. The maximum absolute atomic E-state index is 11.7. The van der Waals surface area contributed by atoms with Gasteiger partial charge in [-0.15, -0.1) is 0 Å². The maximum Gasteiger partial charge on any atom is 0.328 e. The van der Waals surface area contributed by atoms with E-state index in [9.17, 15) is 9.59 Å². The number of rotatable bonds is 4. The predicted molar refractivity (Wildman–Crippen MR) is 58.4 cm³/mol. The van der Waals surface area contributed by atoms with Crippen molar-refractivity contribution >= 4 is 12.0 Å². The number of urea groups is 1. The molecule has 0 aromatic rings. The highest BCUT2D eigenvalue weighted by atomic mass is 16.4. The van der Waals surface area contributed by atoms with E-state index in [1.165, 1.54) is 4.90 Å². The molecule has 0 saturated carbocycles. The number of carbonyl (C=O) groups excluding carboxylic acids is 1. The van der Waals surface area contributed by atoms with E-state index in [1.54, 1.807) is 0 Å². The number of piperidine rings is 1. The normalized spacial score (nSPS) is 22.0. The average Bonchev–Trinajstić information content (AvgIpc) is 2.35. The minimum absolute atomic E-state index is 0.0200. The van der Waals surface area contributed by atoms with Crippen LogP contribution in [0.25, 0.3) is 0 Å². The van der Waals surface area contributed by atoms with E-state index in [0.29, 0.717) is 13.1 Å². The van der Waals surface area contributed by atoms with Crippen molar-refractivity contribution in [2.75, 3.05) is 26.3 Å². The van der Waals surface area contributed by atoms with Crippen molar-refractivity contribution in [3.8, 4) is 0 Å². The Morgan fingerprint density at radius 2 is 2.12 bits per heavy atom. The summed E-state index contributed by atoms with van der Waals surface area (Å²) in [6.07, 6.45) is 1.65. The quantitative estimate of drug-likeness (QED) is 0.500. The Bertz CT molecular complexity index is 284. The van der Waals surface area contributed by atoms with Crippen molar-refractivity contribution < 1.29 is 24.9 Å². The highest BCUT2D eigenvalue weighted by molar-refractivity contribution is 5.82. The highest BCUT2D eigenvalue weighted by Gasteiger charge is 2.26. The zero-order chi connectivity index (χ0) is 12.8. The summed E-state index contributed by atoms with van der Waals surface area (Å²) in [5.41, 5.74) is 0. The van der Waals surface area contributed by atoms with E-state index >= 15 is 0 Å². The summed E-state index contributed by atoms with van der Waals surface area (Å²) < 4.78 is 0. The Balaban J connectivity index is 2.48. The number of likely N-dealkylation sites (tertiary alicyclic amines) is 1. The molecule has 1 heterocycles. The summed E-state index contributed by atoms with van der Waals surface area (Å²) in [5, 5.41) is 28.7. The molecule has 0 radical (unpaired) electrons. The van der Waals surface area contributed by atoms with Crippen LogP contribution in [-0.2, 0) is 4.79 Å². The number of carboxylic acid groups (broad SMARTS) is 1. The Kier molecular flexibility index (Phi) is 5.17. The van der Waals surface area contributed by atoms with E-state index in [4.69, 9.17) is 15.3 Å². The first-order chi connectivity index (χ1) is 8.08. The van der Waals surface area contributed by atoms with Gasteiger partial charge in [0.1, 0.15) is 0 Å². The number of nitrogens with zero attached hydrogens (tertiary/aromatic N) is 1. The number of nitrogens with one attached hydrogen (secondary N) is 1. The maximum atomic E-state index is 11.7. The number of aliphatic carboxylic acids is 1. The molecule has 0 aliphatic carbocycles. The molecule has 98 valence electrons. The fourth-order valence-electron chi connectivity index (χ4n) is 1.82. The molecule has 0 bridgehead atoms. The highest BCUT2D eigenvalue weighted by Crippen LogP contribution is 2.15. The molecule has 17 heavy (non-hydrogen) atoms. The smallest absolute Gasteiger partial charge is 0.328 e. The molecular formula is C10H18N2O5. The summed E-state index contributed by atoms with van der Waals surface area (Å²) in [7, 11) is 0. The van der Waals surface area contributed by atoms with Gasteiger partial charge < -0.3 is 25.5 Å². The molecule has 1 aliphatic heterocycles. The van der Waals surface area contributed by atoms with Crippen LogP contribution in [0, 0.1) is 5.92 Å². The Morgan fingerprint density at radius 1 is 1.41 bits per heavy atom. The van der Waals surface area contributed by atoms with Crippen molar-refractivity contribution in [2.24, 2.45) is 5.92 Å². The lowest BCUT2D eigenvalue weighted by Crippen LogP contribution is -2.52. The second kappa shape index (κ2) is 6.41. The van der Waals surface area contributed by atoms with Crippen LogP contribution in [0.5, 0.6) is 0 Å². The van der Waals surface area contributed by atoms with Crippen LogP contribution in [0.2, 0.25) is 0 Å². The van der Waals surface area contributed by atoms with Gasteiger partial charge in [0.15, 0.2) is 6.04 Å². The van der Waals surface area contributed by atoms with Crippen LogP contribution in [0.4, 0.5) is 4.79 Å². The van der Waals surface area contributed by atoms with Crippen molar-refractivity contribution in [1.29, 1.82) is 0 Å². The van der Waals surface area contributed by atoms with Gasteiger partial charge in [-0.25, -0.2) is 9.59 Å². The molecule has 2 amide bonds. The van der Waals surface area contributed by atoms with Crippen molar-refractivity contribution in [3.05, 3.63) is 0 Å². The predicted octanol–water partition coefficient (Wildman–Crippen LogP) is -1.15. The lowest BCUT2D eigenvalue weighted by molar-refractivity contribution is -0.140. The molecule has 7 nitrogen and oxygen atoms in total. The molecule has 0 spiro atoms. The molecule has 1 saturated heterocycles. The number of aliphatic hydroxyl groups excluding tert-OH is 2. The van der Waals surface area contributed by atoms with Gasteiger partial charge in [-0.1, -0.05) is 0 Å². The first-order valence-electron chi connectivity index (χ1n) is 5.58. The molecule has 1 aliphatic rings. The van der Waals surface area contributed by atoms with Gasteiger partial charge >= 0.3 is 12.0 Å². The monoisotopic (exact) mass is 246 g/mol. The minimum atomic E-state index is -1.28.